The van der Waals surface area contributed by atoms with E-state index in [1.807, 2.05) is 30.3 Å². The molecule has 0 atom stereocenters. The van der Waals surface area contributed by atoms with Gasteiger partial charge in [-0.15, -0.1) is 0 Å². The van der Waals surface area contributed by atoms with E-state index in [0.29, 0.717) is 11.0 Å². The van der Waals surface area contributed by atoms with Gasteiger partial charge < -0.3 is 8.75 Å². The van der Waals surface area contributed by atoms with Crippen LogP contribution < -0.4 is 9.61 Å². The molecular weight excluding hydrogens is 454 g/mol. The lowest BCUT2D eigenvalue weighted by Crippen LogP contribution is -2.23. The number of hydrogen-bond acceptors (Lipinski definition) is 6. The Morgan fingerprint density at radius 3 is 2.50 bits per heavy atom. The Kier molecular flexibility index (Phi) is 5.56. The summed E-state index contributed by atoms with van der Waals surface area (Å²) in [4.78, 5) is 20.6. The Labute approximate surface area is 195 Å². The molecule has 0 fully saturated rings. The molecule has 1 N–H and O–H groups in total. The first-order valence-electron chi connectivity index (χ1n) is 10.3. The third-order valence-electron chi connectivity index (χ3n) is 5.11. The molecule has 0 radical (unpaired) electrons. The fraction of sp³-hybridized carbons (Fsp3) is 0.0417. The van der Waals surface area contributed by atoms with Crippen LogP contribution in [0.4, 0.5) is 0 Å². The van der Waals surface area contributed by atoms with Crippen LogP contribution in [-0.4, -0.2) is 33.5 Å². The second kappa shape index (κ2) is 8.83. The summed E-state index contributed by atoms with van der Waals surface area (Å²) in [6.45, 7) is 0. The molecule has 0 saturated heterocycles. The molecule has 5 rings (SSSR count). The normalized spacial score (nSPS) is 11.4. The van der Waals surface area contributed by atoms with E-state index in [1.165, 1.54) is 35.3 Å². The highest BCUT2D eigenvalue weighted by Crippen LogP contribution is 2.24. The largest absolute Gasteiger partial charge is 0.379 e. The summed E-state index contributed by atoms with van der Waals surface area (Å²) in [6, 6.07) is 20.3. The number of amides is 1. The smallest absolute Gasteiger partial charge is 0.339 e. The predicted molar refractivity (Wildman–Crippen MR) is 126 cm³/mol. The van der Waals surface area contributed by atoms with E-state index in [4.69, 9.17) is 4.18 Å². The van der Waals surface area contributed by atoms with E-state index >= 15 is 0 Å². The molecule has 3 aromatic carbocycles. The number of nitrogens with one attached hydrogen (secondary N) is 1. The van der Waals surface area contributed by atoms with Gasteiger partial charge in [0.25, 0.3) is 0 Å². The first-order valence-corrected chi connectivity index (χ1v) is 11.7. The summed E-state index contributed by atoms with van der Waals surface area (Å²) in [5.74, 6) is -0.0837. The standard InChI is InChI=1S/C24H19N5O4S/c30-24(14-18-4-2-1-3-5-18)27-29-17-26-22-15-20(8-11-23(22)29)33-34(31,32)21-9-6-19(7-10-21)28-13-12-25-16-28/h1-13,15-17H,14H2,(H,27,30). The maximum Gasteiger partial charge on any atom is 0.339 e. The minimum absolute atomic E-state index is 0.0233. The van der Waals surface area contributed by atoms with Crippen LogP contribution in [0.3, 0.4) is 0 Å². The van der Waals surface area contributed by atoms with E-state index in [9.17, 15) is 13.2 Å². The van der Waals surface area contributed by atoms with Crippen LogP contribution in [0.25, 0.3) is 16.7 Å². The molecule has 0 unspecified atom stereocenters. The molecule has 0 saturated carbocycles. The lowest BCUT2D eigenvalue weighted by atomic mass is 10.1. The number of carbonyl (C=O) groups is 1. The summed E-state index contributed by atoms with van der Waals surface area (Å²) < 4.78 is 34.0. The van der Waals surface area contributed by atoms with Gasteiger partial charge in [-0.2, -0.15) is 8.42 Å². The molecule has 0 bridgehead atoms. The van der Waals surface area contributed by atoms with Gasteiger partial charge in [0.1, 0.15) is 17.0 Å². The number of carbonyl (C=O) groups excluding carboxylic acids is 1. The fourth-order valence-corrected chi connectivity index (χ4v) is 4.38. The van der Waals surface area contributed by atoms with Crippen LogP contribution in [0.5, 0.6) is 5.75 Å². The van der Waals surface area contributed by atoms with Gasteiger partial charge in [0.15, 0.2) is 0 Å². The highest BCUT2D eigenvalue weighted by atomic mass is 32.2. The van der Waals surface area contributed by atoms with Crippen molar-refractivity contribution in [3.8, 4) is 11.4 Å². The monoisotopic (exact) mass is 473 g/mol. The molecule has 1 amide bonds. The van der Waals surface area contributed by atoms with Gasteiger partial charge in [0.05, 0.1) is 23.8 Å². The van der Waals surface area contributed by atoms with Crippen molar-refractivity contribution < 1.29 is 17.4 Å². The molecular formula is C24H19N5O4S. The summed E-state index contributed by atoms with van der Waals surface area (Å²) in [5.41, 5.74) is 5.52. The lowest BCUT2D eigenvalue weighted by molar-refractivity contribution is -0.116. The number of imidazole rings is 2. The SMILES string of the molecule is O=C(Cc1ccccc1)Nn1cnc2cc(OS(=O)(=O)c3ccc(-n4ccnc4)cc3)ccc21. The average molecular weight is 474 g/mol. The Bertz CT molecular complexity index is 1540. The van der Waals surface area contributed by atoms with E-state index in [2.05, 4.69) is 15.4 Å². The van der Waals surface area contributed by atoms with Gasteiger partial charge in [-0.25, -0.2) is 14.6 Å². The molecule has 9 nitrogen and oxygen atoms in total. The molecule has 5 aromatic rings. The van der Waals surface area contributed by atoms with E-state index in [-0.39, 0.29) is 23.0 Å². The summed E-state index contributed by atoms with van der Waals surface area (Å²) in [6.07, 6.45) is 6.71. The first kappa shape index (κ1) is 21.4. The maximum atomic E-state index is 12.7. The molecule has 0 spiro atoms. The molecule has 0 aliphatic rings. The molecule has 34 heavy (non-hydrogen) atoms. The van der Waals surface area contributed by atoms with Gasteiger partial charge in [-0.05, 0) is 42.0 Å². The second-order valence-electron chi connectivity index (χ2n) is 7.46. The molecule has 2 aromatic heterocycles. The van der Waals surface area contributed by atoms with Crippen molar-refractivity contribution in [1.29, 1.82) is 0 Å². The van der Waals surface area contributed by atoms with Gasteiger partial charge in [-0.3, -0.25) is 10.2 Å². The van der Waals surface area contributed by atoms with Crippen molar-refractivity contribution in [3.63, 3.8) is 0 Å². The van der Waals surface area contributed by atoms with Crippen LogP contribution in [0, 0.1) is 0 Å². The van der Waals surface area contributed by atoms with Crippen molar-refractivity contribution >= 4 is 27.1 Å². The zero-order valence-corrected chi connectivity index (χ0v) is 18.6. The first-order chi connectivity index (χ1) is 16.5. The zero-order chi connectivity index (χ0) is 23.5. The van der Waals surface area contributed by atoms with Gasteiger partial charge in [-0.1, -0.05) is 30.3 Å². The van der Waals surface area contributed by atoms with Crippen molar-refractivity contribution in [2.45, 2.75) is 11.3 Å². The Morgan fingerprint density at radius 1 is 0.971 bits per heavy atom. The third-order valence-corrected chi connectivity index (χ3v) is 6.37. The lowest BCUT2D eigenvalue weighted by Gasteiger charge is -2.09. The van der Waals surface area contributed by atoms with Crippen LogP contribution >= 0.6 is 0 Å². The van der Waals surface area contributed by atoms with E-state index in [1.54, 1.807) is 41.5 Å². The van der Waals surface area contributed by atoms with Crippen LogP contribution in [0.2, 0.25) is 0 Å². The Morgan fingerprint density at radius 2 is 1.76 bits per heavy atom. The molecule has 2 heterocycles. The van der Waals surface area contributed by atoms with Crippen LogP contribution in [0.15, 0.2) is 103 Å². The van der Waals surface area contributed by atoms with Gasteiger partial charge in [0, 0.05) is 24.1 Å². The third kappa shape index (κ3) is 4.52. The minimum atomic E-state index is -4.04. The topological polar surface area (TPSA) is 108 Å². The molecule has 170 valence electrons. The minimum Gasteiger partial charge on any atom is -0.379 e. The van der Waals surface area contributed by atoms with Gasteiger partial charge in [0.2, 0.25) is 5.91 Å². The van der Waals surface area contributed by atoms with Crippen molar-refractivity contribution in [2.75, 3.05) is 5.43 Å². The second-order valence-corrected chi connectivity index (χ2v) is 9.01. The number of benzene rings is 3. The van der Waals surface area contributed by atoms with Crippen molar-refractivity contribution in [2.24, 2.45) is 0 Å². The fourth-order valence-electron chi connectivity index (χ4n) is 3.46. The number of aromatic nitrogens is 4. The van der Waals surface area contributed by atoms with Crippen molar-refractivity contribution in [3.05, 3.63) is 103 Å². The zero-order valence-electron chi connectivity index (χ0n) is 17.8. The maximum absolute atomic E-state index is 12.7. The number of nitrogens with zero attached hydrogens (tertiary/aromatic N) is 4. The molecule has 0 aliphatic carbocycles. The highest BCUT2D eigenvalue weighted by Gasteiger charge is 2.18. The Hall–Kier alpha value is -4.44. The van der Waals surface area contributed by atoms with Gasteiger partial charge >= 0.3 is 10.1 Å². The number of rotatable bonds is 7. The quantitative estimate of drug-likeness (QED) is 0.364. The predicted octanol–water partition coefficient (Wildman–Crippen LogP) is 3.30. The van der Waals surface area contributed by atoms with Crippen LogP contribution in [-0.2, 0) is 21.3 Å². The molecule has 10 heteroatoms. The number of hydrogen-bond donors (Lipinski definition) is 1. The average Bonchev–Trinajstić information content (AvgIpc) is 3.50. The summed E-state index contributed by atoms with van der Waals surface area (Å²) >= 11 is 0. The van der Waals surface area contributed by atoms with Crippen LogP contribution in [0.1, 0.15) is 5.56 Å². The highest BCUT2D eigenvalue weighted by molar-refractivity contribution is 7.87. The Balaban J connectivity index is 1.30. The summed E-state index contributed by atoms with van der Waals surface area (Å²) in [5, 5.41) is 0. The van der Waals surface area contributed by atoms with Crippen molar-refractivity contribution in [1.82, 2.24) is 19.2 Å². The summed E-state index contributed by atoms with van der Waals surface area (Å²) in [7, 11) is -4.04. The van der Waals surface area contributed by atoms with E-state index in [0.717, 1.165) is 11.3 Å². The van der Waals surface area contributed by atoms with E-state index < -0.39 is 10.1 Å². The number of fused-ring (bicyclic) bond motifs is 1. The molecule has 0 aliphatic heterocycles.